The first-order valence-electron chi connectivity index (χ1n) is 6.08. The lowest BCUT2D eigenvalue weighted by molar-refractivity contribution is -0.137. The molecule has 0 aromatic heterocycles. The van der Waals surface area contributed by atoms with E-state index >= 15 is 0 Å². The third-order valence-corrected chi connectivity index (χ3v) is 3.40. The lowest BCUT2D eigenvalue weighted by Gasteiger charge is -2.14. The molecular weight excluding hydrogens is 354 g/mol. The summed E-state index contributed by atoms with van der Waals surface area (Å²) in [6.07, 6.45) is -4.57. The molecule has 0 heterocycles. The van der Waals surface area contributed by atoms with Gasteiger partial charge in [0, 0.05) is 6.07 Å². The van der Waals surface area contributed by atoms with E-state index in [1.807, 2.05) is 6.07 Å². The van der Waals surface area contributed by atoms with Crippen molar-refractivity contribution in [3.63, 3.8) is 0 Å². The smallest absolute Gasteiger partial charge is 0.416 e. The molecule has 0 aliphatic rings. The quantitative estimate of drug-likeness (QED) is 0.705. The van der Waals surface area contributed by atoms with Gasteiger partial charge in [-0.15, -0.1) is 0 Å². The first kappa shape index (κ1) is 17.3. The van der Waals surface area contributed by atoms with Crippen molar-refractivity contribution in [2.24, 2.45) is 0 Å². The van der Waals surface area contributed by atoms with Gasteiger partial charge in [-0.05, 0) is 24.3 Å². The zero-order chi connectivity index (χ0) is 17.2. The SMILES string of the molecule is COc1cc(Oc2c(Cl)cc(C(F)(F)F)cc2Cl)ccc1C#N. The predicted molar refractivity (Wildman–Crippen MR) is 79.2 cm³/mol. The molecule has 0 atom stereocenters. The maximum Gasteiger partial charge on any atom is 0.416 e. The highest BCUT2D eigenvalue weighted by Crippen LogP contribution is 2.42. The van der Waals surface area contributed by atoms with E-state index in [-0.39, 0.29) is 32.9 Å². The van der Waals surface area contributed by atoms with Gasteiger partial charge < -0.3 is 9.47 Å². The lowest BCUT2D eigenvalue weighted by Crippen LogP contribution is -2.05. The van der Waals surface area contributed by atoms with Gasteiger partial charge in [-0.2, -0.15) is 18.4 Å². The van der Waals surface area contributed by atoms with Crippen molar-refractivity contribution >= 4 is 23.2 Å². The van der Waals surface area contributed by atoms with E-state index in [2.05, 4.69) is 0 Å². The average molecular weight is 362 g/mol. The Labute approximate surface area is 139 Å². The zero-order valence-electron chi connectivity index (χ0n) is 11.5. The average Bonchev–Trinajstić information content (AvgIpc) is 2.49. The molecule has 3 nitrogen and oxygen atoms in total. The summed E-state index contributed by atoms with van der Waals surface area (Å²) in [5.74, 6) is 0.349. The third kappa shape index (κ3) is 3.81. The molecule has 0 saturated heterocycles. The molecule has 0 N–H and O–H groups in total. The highest BCUT2D eigenvalue weighted by atomic mass is 35.5. The van der Waals surface area contributed by atoms with Crippen LogP contribution in [-0.2, 0) is 6.18 Å². The van der Waals surface area contributed by atoms with Crippen LogP contribution < -0.4 is 9.47 Å². The lowest BCUT2D eigenvalue weighted by atomic mass is 10.2. The zero-order valence-corrected chi connectivity index (χ0v) is 13.1. The Hall–Kier alpha value is -2.10. The van der Waals surface area contributed by atoms with Crippen LogP contribution >= 0.6 is 23.2 Å². The number of rotatable bonds is 3. The van der Waals surface area contributed by atoms with E-state index in [0.717, 1.165) is 12.1 Å². The third-order valence-electron chi connectivity index (χ3n) is 2.84. The van der Waals surface area contributed by atoms with Gasteiger partial charge >= 0.3 is 6.18 Å². The molecule has 0 aliphatic heterocycles. The number of benzene rings is 2. The molecule has 0 fully saturated rings. The van der Waals surface area contributed by atoms with Crippen LogP contribution in [-0.4, -0.2) is 7.11 Å². The Balaban J connectivity index is 2.40. The van der Waals surface area contributed by atoms with E-state index in [4.69, 9.17) is 37.9 Å². The number of nitrogens with zero attached hydrogens (tertiary/aromatic N) is 1. The van der Waals surface area contributed by atoms with Crippen molar-refractivity contribution in [1.29, 1.82) is 5.26 Å². The maximum atomic E-state index is 12.7. The summed E-state index contributed by atoms with van der Waals surface area (Å²) in [7, 11) is 1.37. The van der Waals surface area contributed by atoms with Crippen LogP contribution in [0.15, 0.2) is 30.3 Å². The second kappa shape index (κ2) is 6.57. The van der Waals surface area contributed by atoms with Gasteiger partial charge in [0.25, 0.3) is 0 Å². The number of hydrogen-bond donors (Lipinski definition) is 0. The largest absolute Gasteiger partial charge is 0.495 e. The van der Waals surface area contributed by atoms with E-state index in [1.165, 1.54) is 25.3 Å². The van der Waals surface area contributed by atoms with Gasteiger partial charge in [0.15, 0.2) is 5.75 Å². The van der Waals surface area contributed by atoms with E-state index in [9.17, 15) is 13.2 Å². The summed E-state index contributed by atoms with van der Waals surface area (Å²) in [4.78, 5) is 0. The maximum absolute atomic E-state index is 12.7. The fourth-order valence-corrected chi connectivity index (χ4v) is 2.33. The summed E-state index contributed by atoms with van der Waals surface area (Å²) in [5.41, 5.74) is -0.693. The van der Waals surface area contributed by atoms with Gasteiger partial charge in [-0.1, -0.05) is 23.2 Å². The van der Waals surface area contributed by atoms with Gasteiger partial charge in [0.1, 0.15) is 17.6 Å². The van der Waals surface area contributed by atoms with Crippen molar-refractivity contribution in [1.82, 2.24) is 0 Å². The molecular formula is C15H8Cl2F3NO2. The van der Waals surface area contributed by atoms with Crippen LogP contribution in [0.25, 0.3) is 0 Å². The minimum atomic E-state index is -4.57. The van der Waals surface area contributed by atoms with Gasteiger partial charge in [0.2, 0.25) is 0 Å². The van der Waals surface area contributed by atoms with E-state index in [1.54, 1.807) is 0 Å². The number of nitriles is 1. The molecule has 8 heteroatoms. The topological polar surface area (TPSA) is 42.2 Å². The molecule has 2 rings (SSSR count). The molecule has 0 unspecified atom stereocenters. The monoisotopic (exact) mass is 361 g/mol. The van der Waals surface area contributed by atoms with Crippen molar-refractivity contribution in [2.45, 2.75) is 6.18 Å². The van der Waals surface area contributed by atoms with Crippen molar-refractivity contribution < 1.29 is 22.6 Å². The summed E-state index contributed by atoms with van der Waals surface area (Å²) in [6.45, 7) is 0. The fraction of sp³-hybridized carbons (Fsp3) is 0.133. The molecule has 2 aromatic rings. The van der Waals surface area contributed by atoms with E-state index in [0.29, 0.717) is 0 Å². The summed E-state index contributed by atoms with van der Waals surface area (Å²) in [5, 5.41) is 8.34. The minimum absolute atomic E-state index is 0.118. The normalized spacial score (nSPS) is 11.0. The highest BCUT2D eigenvalue weighted by molar-refractivity contribution is 6.37. The highest BCUT2D eigenvalue weighted by Gasteiger charge is 2.32. The molecule has 0 radical (unpaired) electrons. The van der Waals surface area contributed by atoms with Crippen molar-refractivity contribution in [3.8, 4) is 23.3 Å². The van der Waals surface area contributed by atoms with Crippen molar-refractivity contribution in [2.75, 3.05) is 7.11 Å². The van der Waals surface area contributed by atoms with Gasteiger partial charge in [0.05, 0.1) is 28.3 Å². The summed E-state index contributed by atoms with van der Waals surface area (Å²) < 4.78 is 48.5. The Morgan fingerprint density at radius 1 is 1.09 bits per heavy atom. The summed E-state index contributed by atoms with van der Waals surface area (Å²) in [6, 6.07) is 7.68. The summed E-state index contributed by atoms with van der Waals surface area (Å²) >= 11 is 11.7. The van der Waals surface area contributed by atoms with Crippen molar-refractivity contribution in [3.05, 3.63) is 51.5 Å². The molecule has 0 bridgehead atoms. The van der Waals surface area contributed by atoms with Gasteiger partial charge in [-0.3, -0.25) is 0 Å². The van der Waals surface area contributed by atoms with Crippen LogP contribution in [0.4, 0.5) is 13.2 Å². The standard InChI is InChI=1S/C15H8Cl2F3NO2/c1-22-13-6-10(3-2-8(13)7-21)23-14-11(16)4-9(5-12(14)17)15(18,19)20/h2-6H,1H3. The van der Waals surface area contributed by atoms with E-state index < -0.39 is 11.7 Å². The second-order valence-corrected chi connectivity index (χ2v) is 5.16. The number of alkyl halides is 3. The Morgan fingerprint density at radius 3 is 2.17 bits per heavy atom. The first-order chi connectivity index (χ1) is 10.8. The molecule has 120 valence electrons. The molecule has 0 spiro atoms. The molecule has 0 saturated carbocycles. The minimum Gasteiger partial charge on any atom is -0.495 e. The first-order valence-corrected chi connectivity index (χ1v) is 6.84. The molecule has 23 heavy (non-hydrogen) atoms. The Kier molecular flexibility index (Phi) is 4.93. The van der Waals surface area contributed by atoms with Crippen LogP contribution in [0, 0.1) is 11.3 Å². The second-order valence-electron chi connectivity index (χ2n) is 4.34. The number of halogens is 5. The van der Waals surface area contributed by atoms with Gasteiger partial charge in [-0.25, -0.2) is 0 Å². The molecule has 0 amide bonds. The van der Waals surface area contributed by atoms with Crippen LogP contribution in [0.1, 0.15) is 11.1 Å². The number of hydrogen-bond acceptors (Lipinski definition) is 3. The van der Waals surface area contributed by atoms with Crippen LogP contribution in [0.3, 0.4) is 0 Å². The van der Waals surface area contributed by atoms with Crippen LogP contribution in [0.2, 0.25) is 10.0 Å². The van der Waals surface area contributed by atoms with Crippen LogP contribution in [0.5, 0.6) is 17.2 Å². The Morgan fingerprint density at radius 2 is 1.70 bits per heavy atom. The number of ether oxygens (including phenoxy) is 2. The number of methoxy groups -OCH3 is 1. The Bertz CT molecular complexity index is 762. The molecule has 2 aromatic carbocycles. The predicted octanol–water partition coefficient (Wildman–Crippen LogP) is 5.68. The molecule has 0 aliphatic carbocycles. The fourth-order valence-electron chi connectivity index (χ4n) is 1.77.